The monoisotopic (exact) mass is 2120 g/mol. The van der Waals surface area contributed by atoms with Crippen LogP contribution in [0.25, 0.3) is 0 Å². The van der Waals surface area contributed by atoms with Crippen LogP contribution in [0.5, 0.6) is 23.0 Å². The molecule has 40 nitrogen and oxygen atoms in total. The Morgan fingerprint density at radius 3 is 1.23 bits per heavy atom. The van der Waals surface area contributed by atoms with Gasteiger partial charge in [-0.25, -0.2) is 118 Å². The van der Waals surface area contributed by atoms with E-state index in [9.17, 15) is 98.4 Å². The fraction of sp³-hybridized carbons (Fsp3) is 0.160. The molecule has 0 radical (unpaired) electrons. The molecule has 0 spiro atoms. The Kier molecular flexibility index (Phi) is 30.4. The average molecular weight is 2120 g/mol. The second-order valence-electron chi connectivity index (χ2n) is 28.6. The Morgan fingerprint density at radius 2 is 0.804 bits per heavy atom. The number of nitrogens with zero attached hydrogens (tertiary/aromatic N) is 8. The molecule has 12 aromatic rings. The summed E-state index contributed by atoms with van der Waals surface area (Å²) in [7, 11) is -10.5. The number of aromatic nitrogens is 4. The highest BCUT2D eigenvalue weighted by molar-refractivity contribution is 7.93. The summed E-state index contributed by atoms with van der Waals surface area (Å²) in [4.78, 5) is 122. The lowest BCUT2D eigenvalue weighted by molar-refractivity contribution is 0.0866. The molecular formula is C81H69Cl3F6N20O20S8. The van der Waals surface area contributed by atoms with Crippen LogP contribution in [-0.4, -0.2) is 155 Å². The van der Waals surface area contributed by atoms with Crippen LogP contribution in [0.15, 0.2) is 163 Å². The quantitative estimate of drug-likeness (QED) is 0.0315. The van der Waals surface area contributed by atoms with Crippen LogP contribution in [-0.2, 0) is 40.1 Å². The van der Waals surface area contributed by atoms with Gasteiger partial charge in [0, 0.05) is 51.3 Å². The van der Waals surface area contributed by atoms with E-state index < -0.39 is 141 Å². The standard InChI is InChI=1S/C22H22FN5O5S2.C21H17ClF2N4O5S2.C20H16ClF2N5O5S2.C18H14ClFN6O5S2/c1-11-7-14(28-13(3)33-18-9-17(24-4)16(23)8-15(18)21(28)29)10-25-20(11)26-22(30)27-35(31,32)19-6-5-12(2)34-19;1-10-28(20(29)12-8-14(24)16(25-2)9-17(12)33-10)11-3-4-15(13(23)7-11)26-21(30)27-35(31,32)19-6-5-18(22)34-19;1-9-5-10(28-8-33-17-11(19(28)29)6-12(22)16(24-2)15(17)23)7-25-18(9)26-20(30)27-35(31,32)14-4-3-13(21)34-14;1-21-11-5-12-9(4-10(11)20)17(27)26(8-31-12)15-7-22-14(6-23-15)24-18(28)25-33(29,30)16-3-2-13(19)32-16/h5-10,13,24H,1-4H3,(H2,25,26,27,30);3-10,25H,1-2H3,(H2,26,27,30);3-7,24H,8H2,1-2H3,(H2,25,26,27,30);2-7,21H,8H2,1H3,(H2,22,24,25,28). The van der Waals surface area contributed by atoms with Crippen molar-refractivity contribution in [2.24, 2.45) is 0 Å². The first-order valence-corrected chi connectivity index (χ1v) is 49.4. The van der Waals surface area contributed by atoms with E-state index >= 15 is 0 Å². The lowest BCUT2D eigenvalue weighted by Gasteiger charge is -2.35. The van der Waals surface area contributed by atoms with E-state index in [0.29, 0.717) is 16.8 Å². The highest BCUT2D eigenvalue weighted by Crippen LogP contribution is 2.42. The van der Waals surface area contributed by atoms with Gasteiger partial charge in [0.05, 0.1) is 99.9 Å². The van der Waals surface area contributed by atoms with Crippen molar-refractivity contribution < 1.29 is 117 Å². The van der Waals surface area contributed by atoms with Gasteiger partial charge in [-0.05, 0) is 149 Å². The van der Waals surface area contributed by atoms with Gasteiger partial charge in [-0.3, -0.25) is 54.7 Å². The number of hydrogen-bond donors (Lipinski definition) is 12. The summed E-state index contributed by atoms with van der Waals surface area (Å²) in [6.45, 7) is 7.61. The predicted octanol–water partition coefficient (Wildman–Crippen LogP) is 15.3. The lowest BCUT2D eigenvalue weighted by atomic mass is 10.1. The molecule has 12 N–H and O–H groups in total. The maximum atomic E-state index is 14.8. The van der Waals surface area contributed by atoms with Gasteiger partial charge in [0.25, 0.3) is 63.7 Å². The minimum absolute atomic E-state index is 0.0139. The maximum absolute atomic E-state index is 14.8. The first-order valence-electron chi connectivity index (χ1n) is 39.0. The molecule has 2 unspecified atom stereocenters. The largest absolute Gasteiger partial charge is 0.472 e. The molecule has 4 aliphatic rings. The van der Waals surface area contributed by atoms with Crippen molar-refractivity contribution >= 4 is 237 Å². The van der Waals surface area contributed by atoms with Crippen molar-refractivity contribution in [1.82, 2.24) is 38.8 Å². The molecule has 11 heterocycles. The van der Waals surface area contributed by atoms with Gasteiger partial charge in [-0.1, -0.05) is 34.8 Å². The normalized spacial score (nSPS) is 14.2. The van der Waals surface area contributed by atoms with Crippen molar-refractivity contribution in [3.8, 4) is 23.0 Å². The van der Waals surface area contributed by atoms with Gasteiger partial charge >= 0.3 is 24.1 Å². The second-order valence-corrected chi connectivity index (χ2v) is 42.7. The fourth-order valence-corrected chi connectivity index (χ4v) is 22.4. The van der Waals surface area contributed by atoms with Gasteiger partial charge in [0.1, 0.15) is 80.5 Å². The summed E-state index contributed by atoms with van der Waals surface area (Å²) in [6, 6.07) is 21.4. The molecule has 4 aliphatic heterocycles. The predicted molar refractivity (Wildman–Crippen MR) is 503 cm³/mol. The third-order valence-corrected chi connectivity index (χ3v) is 31.4. The third kappa shape index (κ3) is 22.6. The average Bonchev–Trinajstić information content (AvgIpc) is 1.35. The second kappa shape index (κ2) is 41.4. The molecular weight excluding hydrogens is 2050 g/mol. The maximum Gasteiger partial charge on any atom is 0.334 e. The number of nitrogens with one attached hydrogen (secondary N) is 12. The van der Waals surface area contributed by atoms with E-state index in [1.165, 1.54) is 110 Å². The number of rotatable bonds is 20. The Morgan fingerprint density at radius 1 is 0.399 bits per heavy atom. The van der Waals surface area contributed by atoms with E-state index in [0.717, 1.165) is 108 Å². The summed E-state index contributed by atoms with van der Waals surface area (Å²) in [5.41, 5.74) is 1.02. The molecule has 138 heavy (non-hydrogen) atoms. The molecule has 0 saturated carbocycles. The Hall–Kier alpha value is -14.1. The molecule has 7 aromatic heterocycles. The number of sulfonamides is 4. The van der Waals surface area contributed by atoms with Crippen LogP contribution in [0, 0.1) is 55.7 Å². The molecule has 0 fully saturated rings. The fourth-order valence-electron chi connectivity index (χ4n) is 13.0. The number of urea groups is 4. The van der Waals surface area contributed by atoms with Crippen molar-refractivity contribution in [2.75, 3.05) is 104 Å². The topological polar surface area (TPSA) is 519 Å². The number of halogens is 9. The Bertz CT molecular complexity index is 7210. The smallest absolute Gasteiger partial charge is 0.334 e. The van der Waals surface area contributed by atoms with Crippen molar-refractivity contribution in [2.45, 2.75) is 63.9 Å². The van der Waals surface area contributed by atoms with Gasteiger partial charge < -0.3 is 45.5 Å². The van der Waals surface area contributed by atoms with E-state index in [1.54, 1.807) is 65.6 Å². The van der Waals surface area contributed by atoms with Gasteiger partial charge in [0.15, 0.2) is 49.1 Å². The van der Waals surface area contributed by atoms with Crippen molar-refractivity contribution in [3.05, 3.63) is 232 Å². The summed E-state index contributed by atoms with van der Waals surface area (Å²) in [5, 5.41) is 19.5. The number of anilines is 12. The Labute approximate surface area is 809 Å². The number of hydrogen-bond acceptors (Lipinski definition) is 32. The number of benzene rings is 5. The number of ether oxygens (including phenoxy) is 4. The molecule has 5 aromatic carbocycles. The number of carbonyl (C=O) groups excluding carboxylic acids is 8. The van der Waals surface area contributed by atoms with Crippen LogP contribution < -0.4 is 100.0 Å². The van der Waals surface area contributed by atoms with Gasteiger partial charge in [0.2, 0.25) is 0 Å². The number of thiophene rings is 4. The number of aryl methyl sites for hydroxylation is 3. The molecule has 724 valence electrons. The number of carbonyl (C=O) groups is 8. The van der Waals surface area contributed by atoms with Crippen LogP contribution in [0.1, 0.15) is 71.3 Å². The molecule has 0 aliphatic carbocycles. The first kappa shape index (κ1) is 101. The summed E-state index contributed by atoms with van der Waals surface area (Å²) >= 11 is 20.5. The van der Waals surface area contributed by atoms with Crippen LogP contribution in [0.4, 0.5) is 114 Å². The summed E-state index contributed by atoms with van der Waals surface area (Å²) < 4.78 is 214. The molecule has 57 heteroatoms. The number of pyridine rings is 2. The molecule has 12 amide bonds. The zero-order valence-corrected chi connectivity index (χ0v) is 80.6. The highest BCUT2D eigenvalue weighted by Gasteiger charge is 2.39. The van der Waals surface area contributed by atoms with Crippen molar-refractivity contribution in [1.29, 1.82) is 0 Å². The minimum atomic E-state index is -4.20. The Balaban J connectivity index is 0.000000155. The zero-order chi connectivity index (χ0) is 100. The SMILES string of the molecule is CNc1c(F)cc2c(c1F)OCN(c1cnc(NC(=O)NS(=O)(=O)c3ccc(Cl)s3)c(C)c1)C2=O.CNc1cc2c(cc1F)C(=O)N(c1ccc(NC(=O)NS(=O)(=O)c3ccc(Cl)s3)c(F)c1)C(C)O2.CNc1cc2c(cc1F)C(=O)N(c1cnc(NC(=O)NS(=O)(=O)c3ccc(C)s3)c(C)c1)C(C)O2.CNc1cc2c(cc1F)C(=O)N(c1cnc(NC(=O)NS(=O)(=O)c3ccc(Cl)s3)cn1)CO2. The van der Waals surface area contributed by atoms with Crippen LogP contribution >= 0.6 is 80.1 Å². The summed E-state index contributed by atoms with van der Waals surface area (Å²) in [5.74, 6) is -6.74. The third-order valence-electron chi connectivity index (χ3n) is 19.4. The van der Waals surface area contributed by atoms with E-state index in [2.05, 4.69) is 62.5 Å². The van der Waals surface area contributed by atoms with Crippen LogP contribution in [0.3, 0.4) is 0 Å². The van der Waals surface area contributed by atoms with Crippen LogP contribution in [0.2, 0.25) is 13.0 Å². The molecule has 0 saturated heterocycles. The van der Waals surface area contributed by atoms with E-state index in [4.69, 9.17) is 53.8 Å². The lowest BCUT2D eigenvalue weighted by Crippen LogP contribution is -2.46. The first-order chi connectivity index (χ1) is 65.2. The zero-order valence-electron chi connectivity index (χ0n) is 71.8. The number of fused-ring (bicyclic) bond motifs is 4. The summed E-state index contributed by atoms with van der Waals surface area (Å²) in [6.07, 6.45) is 3.28. The van der Waals surface area contributed by atoms with Gasteiger partial charge in [-0.15, -0.1) is 45.3 Å². The molecule has 0 bridgehead atoms. The molecule has 16 rings (SSSR count). The minimum Gasteiger partial charge on any atom is -0.472 e. The van der Waals surface area contributed by atoms with Gasteiger partial charge in [-0.2, -0.15) is 0 Å². The molecule has 2 atom stereocenters. The number of amides is 12. The van der Waals surface area contributed by atoms with E-state index in [1.807, 2.05) is 14.2 Å². The highest BCUT2D eigenvalue weighted by atomic mass is 35.5. The van der Waals surface area contributed by atoms with Crippen molar-refractivity contribution in [3.63, 3.8) is 0 Å². The van der Waals surface area contributed by atoms with E-state index in [-0.39, 0.29) is 146 Å².